The highest BCUT2D eigenvalue weighted by Crippen LogP contribution is 2.24. The predicted octanol–water partition coefficient (Wildman–Crippen LogP) is 2.11. The second kappa shape index (κ2) is 6.27. The van der Waals surface area contributed by atoms with Gasteiger partial charge in [-0.25, -0.2) is 15.0 Å². The largest absolute Gasteiger partial charge is 0.373 e. The zero-order valence-electron chi connectivity index (χ0n) is 13.2. The lowest BCUT2D eigenvalue weighted by Gasteiger charge is -2.33. The molecule has 1 aliphatic rings. The minimum Gasteiger partial charge on any atom is -0.373 e. The number of aryl methyl sites for hydroxylation is 2. The molecule has 0 spiro atoms. The van der Waals surface area contributed by atoms with Gasteiger partial charge in [0.2, 0.25) is 5.95 Å². The number of anilines is 2. The van der Waals surface area contributed by atoms with Crippen molar-refractivity contribution in [1.29, 1.82) is 0 Å². The van der Waals surface area contributed by atoms with Gasteiger partial charge in [0.05, 0.1) is 18.8 Å². The van der Waals surface area contributed by atoms with Gasteiger partial charge < -0.3 is 15.0 Å². The van der Waals surface area contributed by atoms with Crippen LogP contribution in [0.4, 0.5) is 11.8 Å². The number of aromatic nitrogens is 3. The highest BCUT2D eigenvalue weighted by molar-refractivity contribution is 5.37. The van der Waals surface area contributed by atoms with Gasteiger partial charge in [0.15, 0.2) is 0 Å². The summed E-state index contributed by atoms with van der Waals surface area (Å²) < 4.78 is 5.89. The molecule has 6 heteroatoms. The maximum absolute atomic E-state index is 5.89. The molecule has 1 saturated heterocycles. The van der Waals surface area contributed by atoms with Gasteiger partial charge in [-0.3, -0.25) is 0 Å². The Morgan fingerprint density at radius 3 is 2.68 bits per heavy atom. The number of morpholine rings is 1. The second-order valence-corrected chi connectivity index (χ2v) is 5.45. The van der Waals surface area contributed by atoms with Gasteiger partial charge in [-0.15, -0.1) is 0 Å². The third kappa shape index (κ3) is 3.17. The van der Waals surface area contributed by atoms with Crippen LogP contribution in [0.15, 0.2) is 24.3 Å². The van der Waals surface area contributed by atoms with Crippen LogP contribution in [0, 0.1) is 13.8 Å². The highest BCUT2D eigenvalue weighted by Gasteiger charge is 2.25. The lowest BCUT2D eigenvalue weighted by atomic mass is 10.2. The Morgan fingerprint density at radius 1 is 1.18 bits per heavy atom. The summed E-state index contributed by atoms with van der Waals surface area (Å²) in [7, 11) is 1.86. The van der Waals surface area contributed by atoms with E-state index >= 15 is 0 Å². The number of nitrogens with one attached hydrogen (secondary N) is 1. The average Bonchev–Trinajstić information content (AvgIpc) is 2.54. The minimum atomic E-state index is -0.0635. The fourth-order valence-corrected chi connectivity index (χ4v) is 2.63. The number of nitrogens with zero attached hydrogens (tertiary/aromatic N) is 4. The van der Waals surface area contributed by atoms with E-state index in [9.17, 15) is 0 Å². The molecule has 22 heavy (non-hydrogen) atoms. The first kappa shape index (κ1) is 14.7. The van der Waals surface area contributed by atoms with E-state index in [1.54, 1.807) is 0 Å². The smallest absolute Gasteiger partial charge is 0.225 e. The molecular weight excluding hydrogens is 278 g/mol. The monoisotopic (exact) mass is 299 g/mol. The van der Waals surface area contributed by atoms with Crippen LogP contribution in [-0.2, 0) is 4.74 Å². The van der Waals surface area contributed by atoms with Crippen molar-refractivity contribution in [3.63, 3.8) is 0 Å². The van der Waals surface area contributed by atoms with Crippen molar-refractivity contribution >= 4 is 11.8 Å². The quantitative estimate of drug-likeness (QED) is 0.936. The summed E-state index contributed by atoms with van der Waals surface area (Å²) in [6.45, 7) is 6.14. The zero-order chi connectivity index (χ0) is 15.5. The van der Waals surface area contributed by atoms with Crippen molar-refractivity contribution in [2.45, 2.75) is 20.0 Å². The van der Waals surface area contributed by atoms with Gasteiger partial charge in [-0.05, 0) is 32.0 Å². The van der Waals surface area contributed by atoms with E-state index < -0.39 is 0 Å². The first-order valence-corrected chi connectivity index (χ1v) is 7.49. The molecule has 116 valence electrons. The Hall–Kier alpha value is -2.21. The van der Waals surface area contributed by atoms with E-state index in [0.29, 0.717) is 13.2 Å². The molecule has 0 aliphatic carbocycles. The van der Waals surface area contributed by atoms with Crippen molar-refractivity contribution in [3.05, 3.63) is 41.3 Å². The molecule has 1 fully saturated rings. The molecule has 3 rings (SSSR count). The SMILES string of the molecule is CNc1cccc(C2CN(c3nc(C)cc(C)n3)CCO2)n1. The Bertz CT molecular complexity index is 640. The molecule has 1 aliphatic heterocycles. The van der Waals surface area contributed by atoms with E-state index in [-0.39, 0.29) is 6.10 Å². The molecule has 0 radical (unpaired) electrons. The molecule has 1 unspecified atom stereocenters. The summed E-state index contributed by atoms with van der Waals surface area (Å²) in [4.78, 5) is 15.8. The normalized spacial score (nSPS) is 18.3. The standard InChI is InChI=1S/C16H21N5O/c1-11-9-12(2)19-16(18-11)21-7-8-22-14(10-21)13-5-4-6-15(17-3)20-13/h4-6,9,14H,7-8,10H2,1-3H3,(H,17,20). The summed E-state index contributed by atoms with van der Waals surface area (Å²) in [6, 6.07) is 7.91. The maximum Gasteiger partial charge on any atom is 0.225 e. The van der Waals surface area contributed by atoms with E-state index in [4.69, 9.17) is 4.74 Å². The van der Waals surface area contributed by atoms with Gasteiger partial charge in [0, 0.05) is 25.0 Å². The molecule has 0 bridgehead atoms. The number of hydrogen-bond donors (Lipinski definition) is 1. The summed E-state index contributed by atoms with van der Waals surface area (Å²) in [5.41, 5.74) is 2.91. The molecular formula is C16H21N5O. The van der Waals surface area contributed by atoms with Crippen molar-refractivity contribution in [1.82, 2.24) is 15.0 Å². The third-order valence-electron chi connectivity index (χ3n) is 3.68. The van der Waals surface area contributed by atoms with E-state index in [0.717, 1.165) is 35.4 Å². The highest BCUT2D eigenvalue weighted by atomic mass is 16.5. The lowest BCUT2D eigenvalue weighted by Crippen LogP contribution is -2.39. The van der Waals surface area contributed by atoms with Crippen LogP contribution in [0.5, 0.6) is 0 Å². The Labute approximate surface area is 130 Å². The van der Waals surface area contributed by atoms with E-state index in [1.807, 2.05) is 45.2 Å². The van der Waals surface area contributed by atoms with Crippen LogP contribution in [0.25, 0.3) is 0 Å². The molecule has 0 amide bonds. The van der Waals surface area contributed by atoms with Crippen LogP contribution in [0.2, 0.25) is 0 Å². The molecule has 2 aromatic heterocycles. The van der Waals surface area contributed by atoms with Crippen molar-refractivity contribution in [2.24, 2.45) is 0 Å². The number of hydrogen-bond acceptors (Lipinski definition) is 6. The van der Waals surface area contributed by atoms with Crippen LogP contribution in [0.3, 0.4) is 0 Å². The summed E-state index contributed by atoms with van der Waals surface area (Å²) >= 11 is 0. The Balaban J connectivity index is 1.81. The molecule has 2 aromatic rings. The van der Waals surface area contributed by atoms with Crippen LogP contribution in [-0.4, -0.2) is 41.7 Å². The molecule has 3 heterocycles. The zero-order valence-corrected chi connectivity index (χ0v) is 13.2. The van der Waals surface area contributed by atoms with Crippen molar-refractivity contribution in [2.75, 3.05) is 37.0 Å². The van der Waals surface area contributed by atoms with E-state index in [2.05, 4.69) is 25.2 Å². The molecule has 0 saturated carbocycles. The molecule has 6 nitrogen and oxygen atoms in total. The second-order valence-electron chi connectivity index (χ2n) is 5.45. The number of pyridine rings is 1. The Morgan fingerprint density at radius 2 is 1.95 bits per heavy atom. The third-order valence-corrected chi connectivity index (χ3v) is 3.68. The fraction of sp³-hybridized carbons (Fsp3) is 0.438. The van der Waals surface area contributed by atoms with Crippen LogP contribution in [0.1, 0.15) is 23.2 Å². The van der Waals surface area contributed by atoms with Gasteiger partial charge in [-0.2, -0.15) is 0 Å². The Kier molecular flexibility index (Phi) is 4.20. The first-order valence-electron chi connectivity index (χ1n) is 7.49. The van der Waals surface area contributed by atoms with Gasteiger partial charge in [-0.1, -0.05) is 6.07 Å². The van der Waals surface area contributed by atoms with Gasteiger partial charge in [0.25, 0.3) is 0 Å². The minimum absolute atomic E-state index is 0.0635. The van der Waals surface area contributed by atoms with E-state index in [1.165, 1.54) is 0 Å². The summed E-state index contributed by atoms with van der Waals surface area (Å²) in [6.07, 6.45) is -0.0635. The topological polar surface area (TPSA) is 63.2 Å². The summed E-state index contributed by atoms with van der Waals surface area (Å²) in [5, 5.41) is 3.06. The first-order chi connectivity index (χ1) is 10.7. The lowest BCUT2D eigenvalue weighted by molar-refractivity contribution is 0.0365. The molecule has 1 atom stereocenters. The molecule has 1 N–H and O–H groups in total. The van der Waals surface area contributed by atoms with Gasteiger partial charge in [0.1, 0.15) is 11.9 Å². The predicted molar refractivity (Wildman–Crippen MR) is 86.2 cm³/mol. The number of rotatable bonds is 3. The average molecular weight is 299 g/mol. The van der Waals surface area contributed by atoms with Crippen molar-refractivity contribution in [3.8, 4) is 0 Å². The molecule has 0 aromatic carbocycles. The fourth-order valence-electron chi connectivity index (χ4n) is 2.63. The van der Waals surface area contributed by atoms with Crippen LogP contribution < -0.4 is 10.2 Å². The maximum atomic E-state index is 5.89. The van der Waals surface area contributed by atoms with Crippen LogP contribution >= 0.6 is 0 Å². The summed E-state index contributed by atoms with van der Waals surface area (Å²) in [5.74, 6) is 1.62. The number of ether oxygens (including phenoxy) is 1. The van der Waals surface area contributed by atoms with Gasteiger partial charge >= 0.3 is 0 Å². The van der Waals surface area contributed by atoms with Crippen molar-refractivity contribution < 1.29 is 4.74 Å².